The molecule has 140 valence electrons. The van der Waals surface area contributed by atoms with Gasteiger partial charge >= 0.3 is 6.09 Å². The van der Waals surface area contributed by atoms with Crippen molar-refractivity contribution >= 4 is 6.09 Å². The third-order valence-corrected chi connectivity index (χ3v) is 4.77. The fraction of sp³-hybridized carbons (Fsp3) is 0.450. The summed E-state index contributed by atoms with van der Waals surface area (Å²) in [5.41, 5.74) is 0.989. The summed E-state index contributed by atoms with van der Waals surface area (Å²) in [7, 11) is 4.09. The molecule has 1 fully saturated rings. The third kappa shape index (κ3) is 5.09. The van der Waals surface area contributed by atoms with Gasteiger partial charge in [0.2, 0.25) is 0 Å². The van der Waals surface area contributed by atoms with Gasteiger partial charge in [0.25, 0.3) is 0 Å². The summed E-state index contributed by atoms with van der Waals surface area (Å²) >= 11 is 0. The molecule has 6 nitrogen and oxygen atoms in total. The molecule has 1 amide bonds. The number of furan rings is 1. The van der Waals surface area contributed by atoms with Gasteiger partial charge in [-0.25, -0.2) is 4.79 Å². The summed E-state index contributed by atoms with van der Waals surface area (Å²) in [6.07, 6.45) is 3.19. The molecule has 0 saturated heterocycles. The predicted octanol–water partition coefficient (Wildman–Crippen LogP) is 2.93. The molecule has 1 aromatic heterocycles. The normalized spacial score (nSPS) is 20.4. The molecule has 1 unspecified atom stereocenters. The highest BCUT2D eigenvalue weighted by atomic mass is 16.5. The molecule has 1 aliphatic carbocycles. The molecule has 2 aromatic rings. The summed E-state index contributed by atoms with van der Waals surface area (Å²) in [5.74, 6) is 0.959. The largest absolute Gasteiger partial charge is 0.468 e. The molecule has 1 atom stereocenters. The van der Waals surface area contributed by atoms with Crippen LogP contribution in [-0.2, 0) is 11.3 Å². The number of nitrogens with one attached hydrogen (secondary N) is 2. The standard InChI is InChI=1S/C20H27N3O3/c1-23(2)18(19-9-6-10-25-19)13-21-16-11-17(12-16)22-20(24)26-14-15-7-4-3-5-8-15/h3-10,16-18,21H,11-14H2,1-2H3,(H,22,24). The van der Waals surface area contributed by atoms with Crippen LogP contribution >= 0.6 is 0 Å². The number of benzene rings is 1. The lowest BCUT2D eigenvalue weighted by Crippen LogP contribution is -2.53. The highest BCUT2D eigenvalue weighted by Gasteiger charge is 2.31. The maximum Gasteiger partial charge on any atom is 0.407 e. The summed E-state index contributed by atoms with van der Waals surface area (Å²) in [6.45, 7) is 1.12. The number of carbonyl (C=O) groups is 1. The minimum absolute atomic E-state index is 0.178. The van der Waals surface area contributed by atoms with E-state index >= 15 is 0 Å². The average molecular weight is 357 g/mol. The smallest absolute Gasteiger partial charge is 0.407 e. The van der Waals surface area contributed by atoms with Gasteiger partial charge in [0, 0.05) is 18.6 Å². The highest BCUT2D eigenvalue weighted by Crippen LogP contribution is 2.23. The topological polar surface area (TPSA) is 66.7 Å². The van der Waals surface area contributed by atoms with Crippen LogP contribution in [0.3, 0.4) is 0 Å². The number of amides is 1. The Bertz CT molecular complexity index is 667. The van der Waals surface area contributed by atoms with Gasteiger partial charge in [0.1, 0.15) is 12.4 Å². The Hall–Kier alpha value is -2.31. The number of hydrogen-bond acceptors (Lipinski definition) is 5. The van der Waals surface area contributed by atoms with E-state index in [0.717, 1.165) is 30.7 Å². The highest BCUT2D eigenvalue weighted by molar-refractivity contribution is 5.67. The fourth-order valence-electron chi connectivity index (χ4n) is 3.13. The zero-order valence-corrected chi connectivity index (χ0v) is 15.4. The molecule has 1 aromatic carbocycles. The Morgan fingerprint density at radius 2 is 1.96 bits per heavy atom. The third-order valence-electron chi connectivity index (χ3n) is 4.77. The lowest BCUT2D eigenvalue weighted by Gasteiger charge is -2.37. The molecule has 1 saturated carbocycles. The van der Waals surface area contributed by atoms with Gasteiger partial charge in [-0.3, -0.25) is 4.90 Å². The first-order chi connectivity index (χ1) is 12.6. The first-order valence-corrected chi connectivity index (χ1v) is 9.02. The average Bonchev–Trinajstić information content (AvgIpc) is 3.12. The minimum Gasteiger partial charge on any atom is -0.468 e. The van der Waals surface area contributed by atoms with Crippen molar-refractivity contribution in [3.8, 4) is 0 Å². The van der Waals surface area contributed by atoms with Gasteiger partial charge in [-0.15, -0.1) is 0 Å². The van der Waals surface area contributed by atoms with Crippen molar-refractivity contribution in [1.82, 2.24) is 15.5 Å². The Balaban J connectivity index is 1.33. The molecular weight excluding hydrogens is 330 g/mol. The zero-order valence-electron chi connectivity index (χ0n) is 15.4. The van der Waals surface area contributed by atoms with Gasteiger partial charge in [0.15, 0.2) is 0 Å². The molecule has 0 radical (unpaired) electrons. The van der Waals surface area contributed by atoms with E-state index in [1.165, 1.54) is 0 Å². The van der Waals surface area contributed by atoms with Crippen molar-refractivity contribution in [2.24, 2.45) is 0 Å². The van der Waals surface area contributed by atoms with Crippen LogP contribution in [0, 0.1) is 0 Å². The molecule has 1 heterocycles. The van der Waals surface area contributed by atoms with Gasteiger partial charge in [-0.1, -0.05) is 30.3 Å². The van der Waals surface area contributed by atoms with E-state index in [-0.39, 0.29) is 18.2 Å². The van der Waals surface area contributed by atoms with E-state index in [2.05, 4.69) is 15.5 Å². The van der Waals surface area contributed by atoms with Crippen LogP contribution in [0.15, 0.2) is 53.1 Å². The second-order valence-corrected chi connectivity index (χ2v) is 6.97. The second-order valence-electron chi connectivity index (χ2n) is 6.97. The number of ether oxygens (including phenoxy) is 1. The predicted molar refractivity (Wildman–Crippen MR) is 99.7 cm³/mol. The van der Waals surface area contributed by atoms with Crippen LogP contribution in [0.25, 0.3) is 0 Å². The number of rotatable bonds is 8. The maximum atomic E-state index is 11.9. The Morgan fingerprint density at radius 1 is 1.19 bits per heavy atom. The number of alkyl carbamates (subject to hydrolysis) is 1. The quantitative estimate of drug-likeness (QED) is 0.760. The first-order valence-electron chi connectivity index (χ1n) is 9.02. The lowest BCUT2D eigenvalue weighted by atomic mass is 9.86. The van der Waals surface area contributed by atoms with E-state index < -0.39 is 0 Å². The zero-order chi connectivity index (χ0) is 18.4. The van der Waals surface area contributed by atoms with Crippen LogP contribution < -0.4 is 10.6 Å². The molecule has 1 aliphatic rings. The van der Waals surface area contributed by atoms with E-state index in [4.69, 9.17) is 9.15 Å². The summed E-state index contributed by atoms with van der Waals surface area (Å²) < 4.78 is 10.8. The van der Waals surface area contributed by atoms with E-state index in [0.29, 0.717) is 12.6 Å². The summed E-state index contributed by atoms with van der Waals surface area (Å²) in [6, 6.07) is 14.4. The monoisotopic (exact) mass is 357 g/mol. The van der Waals surface area contributed by atoms with Crippen LogP contribution in [0.1, 0.15) is 30.2 Å². The molecular formula is C20H27N3O3. The maximum absolute atomic E-state index is 11.9. The molecule has 2 N–H and O–H groups in total. The lowest BCUT2D eigenvalue weighted by molar-refractivity contribution is 0.124. The van der Waals surface area contributed by atoms with E-state index in [9.17, 15) is 4.79 Å². The number of carbonyl (C=O) groups excluding carboxylic acids is 1. The van der Waals surface area contributed by atoms with Gasteiger partial charge in [-0.2, -0.15) is 0 Å². The van der Waals surface area contributed by atoms with Crippen molar-refractivity contribution in [3.63, 3.8) is 0 Å². The molecule has 0 bridgehead atoms. The summed E-state index contributed by atoms with van der Waals surface area (Å²) in [5, 5.41) is 6.48. The molecule has 0 aliphatic heterocycles. The van der Waals surface area contributed by atoms with Crippen molar-refractivity contribution < 1.29 is 13.9 Å². The van der Waals surface area contributed by atoms with Crippen molar-refractivity contribution in [1.29, 1.82) is 0 Å². The number of likely N-dealkylation sites (N-methyl/N-ethyl adjacent to an activating group) is 1. The fourth-order valence-corrected chi connectivity index (χ4v) is 3.13. The van der Waals surface area contributed by atoms with Crippen molar-refractivity contribution in [3.05, 3.63) is 60.1 Å². The Labute approximate surface area is 154 Å². The van der Waals surface area contributed by atoms with Gasteiger partial charge < -0.3 is 19.8 Å². The Kier molecular flexibility index (Phi) is 6.30. The molecule has 26 heavy (non-hydrogen) atoms. The second kappa shape index (κ2) is 8.87. The van der Waals surface area contributed by atoms with Crippen molar-refractivity contribution in [2.75, 3.05) is 20.6 Å². The molecule has 0 spiro atoms. The number of hydrogen-bond donors (Lipinski definition) is 2. The van der Waals surface area contributed by atoms with E-state index in [1.807, 2.05) is 56.6 Å². The van der Waals surface area contributed by atoms with Gasteiger partial charge in [-0.05, 0) is 44.6 Å². The van der Waals surface area contributed by atoms with E-state index in [1.54, 1.807) is 6.26 Å². The SMILES string of the molecule is CN(C)C(CNC1CC(NC(=O)OCc2ccccc2)C1)c1ccco1. The van der Waals surface area contributed by atoms with Crippen LogP contribution in [-0.4, -0.2) is 43.7 Å². The first kappa shape index (κ1) is 18.5. The van der Waals surface area contributed by atoms with Crippen LogP contribution in [0.5, 0.6) is 0 Å². The Morgan fingerprint density at radius 3 is 2.62 bits per heavy atom. The van der Waals surface area contributed by atoms with Crippen molar-refractivity contribution in [2.45, 2.75) is 37.6 Å². The van der Waals surface area contributed by atoms with Crippen LogP contribution in [0.4, 0.5) is 4.79 Å². The molecule has 6 heteroatoms. The number of nitrogens with zero attached hydrogens (tertiary/aromatic N) is 1. The molecule has 3 rings (SSSR count). The van der Waals surface area contributed by atoms with Crippen LogP contribution in [0.2, 0.25) is 0 Å². The minimum atomic E-state index is -0.348. The summed E-state index contributed by atoms with van der Waals surface area (Å²) in [4.78, 5) is 14.0. The van der Waals surface area contributed by atoms with Gasteiger partial charge in [0.05, 0.1) is 12.3 Å².